The van der Waals surface area contributed by atoms with Gasteiger partial charge in [-0.15, -0.1) is 29.1 Å². The average Bonchev–Trinajstić information content (AvgIpc) is 3.52. The molecule has 275 valence electrons. The third kappa shape index (κ3) is 9.64. The number of fused-ring (bicyclic) bond motifs is 2. The minimum atomic E-state index is -0.337. The van der Waals surface area contributed by atoms with Crippen molar-refractivity contribution in [3.63, 3.8) is 0 Å². The molecule has 5 aromatic rings. The second-order valence-electron chi connectivity index (χ2n) is 15.7. The van der Waals surface area contributed by atoms with E-state index < -0.39 is 0 Å². The first-order valence-electron chi connectivity index (χ1n) is 18.3. The van der Waals surface area contributed by atoms with Crippen molar-refractivity contribution in [2.24, 2.45) is 16.7 Å². The SMILES string of the molecule is CC(C)Cc1cc2cncc(-c3ccnc(-c4[c-]c5ccccc5c(C(C)(C)C)c4)c3)c2o1.CCC(C)(CC)C(=O)/C=C(\O)C(C)(CC)CC.[Ir]. The maximum absolute atomic E-state index is 12.2. The summed E-state index contributed by atoms with van der Waals surface area (Å²) in [5.41, 5.74) is 5.52. The summed E-state index contributed by atoms with van der Waals surface area (Å²) in [6.45, 7) is 23.2. The topological polar surface area (TPSA) is 76.2 Å². The van der Waals surface area contributed by atoms with E-state index in [1.54, 1.807) is 0 Å². The molecule has 5 rings (SSSR count). The van der Waals surface area contributed by atoms with Gasteiger partial charge in [0, 0.05) is 78.7 Å². The van der Waals surface area contributed by atoms with Crippen LogP contribution in [0.15, 0.2) is 83.4 Å². The van der Waals surface area contributed by atoms with Crippen molar-refractivity contribution in [3.05, 3.63) is 96.3 Å². The first-order chi connectivity index (χ1) is 23.6. The Balaban J connectivity index is 0.000000335. The van der Waals surface area contributed by atoms with Gasteiger partial charge in [-0.1, -0.05) is 111 Å². The molecule has 0 spiro atoms. The van der Waals surface area contributed by atoms with E-state index in [-0.39, 0.29) is 47.9 Å². The van der Waals surface area contributed by atoms with Crippen molar-refractivity contribution in [1.29, 1.82) is 0 Å². The van der Waals surface area contributed by atoms with Crippen LogP contribution < -0.4 is 0 Å². The molecule has 0 unspecified atom stereocenters. The molecule has 0 saturated carbocycles. The molecule has 6 heteroatoms. The van der Waals surface area contributed by atoms with Crippen LogP contribution in [0.5, 0.6) is 0 Å². The van der Waals surface area contributed by atoms with Crippen molar-refractivity contribution in [2.75, 3.05) is 0 Å². The Morgan fingerprint density at radius 3 is 2.16 bits per heavy atom. The van der Waals surface area contributed by atoms with Crippen LogP contribution in [0.4, 0.5) is 0 Å². The summed E-state index contributed by atoms with van der Waals surface area (Å²) in [6, 6.07) is 20.6. The van der Waals surface area contributed by atoms with E-state index in [0.29, 0.717) is 5.92 Å². The Kier molecular flexibility index (Phi) is 14.2. The van der Waals surface area contributed by atoms with Gasteiger partial charge in [-0.25, -0.2) is 0 Å². The number of ketones is 1. The summed E-state index contributed by atoms with van der Waals surface area (Å²) in [5, 5.41) is 13.5. The van der Waals surface area contributed by atoms with Crippen LogP contribution >= 0.6 is 0 Å². The minimum Gasteiger partial charge on any atom is -0.512 e. The molecule has 0 aliphatic heterocycles. The van der Waals surface area contributed by atoms with Gasteiger partial charge >= 0.3 is 0 Å². The van der Waals surface area contributed by atoms with Crippen LogP contribution in [0.2, 0.25) is 0 Å². The van der Waals surface area contributed by atoms with Gasteiger partial charge in [-0.05, 0) is 54.7 Å². The molecule has 51 heavy (non-hydrogen) atoms. The fourth-order valence-corrected chi connectivity index (χ4v) is 6.14. The largest absolute Gasteiger partial charge is 0.512 e. The minimum absolute atomic E-state index is 0. The zero-order valence-corrected chi connectivity index (χ0v) is 34.9. The van der Waals surface area contributed by atoms with Crippen molar-refractivity contribution < 1.29 is 34.4 Å². The van der Waals surface area contributed by atoms with Gasteiger partial charge in [0.2, 0.25) is 0 Å². The van der Waals surface area contributed by atoms with Gasteiger partial charge in [0.05, 0.1) is 0 Å². The summed E-state index contributed by atoms with van der Waals surface area (Å²) < 4.78 is 6.26. The number of carbonyl (C=O) groups excluding carboxylic acids is 1. The quantitative estimate of drug-likeness (QED) is 0.0813. The van der Waals surface area contributed by atoms with E-state index in [9.17, 15) is 9.90 Å². The molecule has 3 heterocycles. The first-order valence-corrected chi connectivity index (χ1v) is 18.3. The summed E-state index contributed by atoms with van der Waals surface area (Å²) in [7, 11) is 0. The molecule has 5 nitrogen and oxygen atoms in total. The molecule has 2 aromatic carbocycles. The zero-order chi connectivity index (χ0) is 36.9. The second-order valence-corrected chi connectivity index (χ2v) is 15.7. The summed E-state index contributed by atoms with van der Waals surface area (Å²) in [6.07, 6.45) is 11.3. The molecule has 0 aliphatic carbocycles. The summed E-state index contributed by atoms with van der Waals surface area (Å²) >= 11 is 0. The number of aromatic nitrogens is 2. The van der Waals surface area contributed by atoms with Crippen LogP contribution in [-0.4, -0.2) is 20.9 Å². The van der Waals surface area contributed by atoms with Gasteiger partial charge < -0.3 is 9.52 Å². The van der Waals surface area contributed by atoms with E-state index in [4.69, 9.17) is 9.40 Å². The van der Waals surface area contributed by atoms with Crippen LogP contribution in [-0.2, 0) is 36.7 Å². The van der Waals surface area contributed by atoms with Gasteiger partial charge in [-0.2, -0.15) is 0 Å². The summed E-state index contributed by atoms with van der Waals surface area (Å²) in [4.78, 5) is 21.4. The predicted molar refractivity (Wildman–Crippen MR) is 209 cm³/mol. The Bertz CT molecular complexity index is 1960. The zero-order valence-electron chi connectivity index (χ0n) is 32.5. The number of carbonyl (C=O) groups is 1. The number of aliphatic hydroxyl groups is 1. The van der Waals surface area contributed by atoms with E-state index in [0.717, 1.165) is 76.6 Å². The number of rotatable bonds is 11. The molecule has 3 aromatic heterocycles. The van der Waals surface area contributed by atoms with Crippen LogP contribution in [0.25, 0.3) is 44.1 Å². The number of benzene rings is 2. The van der Waals surface area contributed by atoms with E-state index in [1.807, 2.05) is 66.2 Å². The fraction of sp³-hybridized carbons (Fsp3) is 0.444. The van der Waals surface area contributed by atoms with Crippen LogP contribution in [0.3, 0.4) is 0 Å². The molecule has 1 radical (unpaired) electrons. The molecular weight excluding hydrogens is 809 g/mol. The maximum Gasteiger partial charge on any atom is 0.164 e. The van der Waals surface area contributed by atoms with Crippen molar-refractivity contribution >= 4 is 27.5 Å². The number of hydrogen-bond acceptors (Lipinski definition) is 5. The standard InChI is InChI=1S/C30H29N2O.C15H28O2.Ir/c1-19(2)12-24-14-23-17-31-18-26(29(23)33-24)21-10-11-32-28(16-21)22-13-20-8-6-7-9-25(20)27(15-22)30(3,4)5;1-7-14(5,8-2)12(16)11-13(17)15(6,9-3)10-4;/h6-11,14-19H,12H2,1-5H3;11,16H,7-10H2,1-6H3;/q-1;;/b;12-11-;. The van der Waals surface area contributed by atoms with Gasteiger partial charge in [0.15, 0.2) is 5.78 Å². The Labute approximate surface area is 319 Å². The smallest absolute Gasteiger partial charge is 0.164 e. The van der Waals surface area contributed by atoms with E-state index in [1.165, 1.54) is 17.0 Å². The van der Waals surface area contributed by atoms with Gasteiger partial charge in [0.1, 0.15) is 17.1 Å². The molecule has 0 amide bonds. The number of furan rings is 1. The predicted octanol–water partition coefficient (Wildman–Crippen LogP) is 12.7. The molecule has 0 bridgehead atoms. The molecule has 0 saturated heterocycles. The Morgan fingerprint density at radius 1 is 0.902 bits per heavy atom. The van der Waals surface area contributed by atoms with Gasteiger partial charge in [-0.3, -0.25) is 14.8 Å². The second kappa shape index (κ2) is 17.3. The van der Waals surface area contributed by atoms with Crippen molar-refractivity contribution in [2.45, 2.75) is 114 Å². The average molecular weight is 866 g/mol. The summed E-state index contributed by atoms with van der Waals surface area (Å²) in [5.74, 6) is 1.82. The third-order valence-electron chi connectivity index (χ3n) is 10.6. The number of pyridine rings is 2. The van der Waals surface area contributed by atoms with Crippen LogP contribution in [0, 0.1) is 22.8 Å². The van der Waals surface area contributed by atoms with E-state index >= 15 is 0 Å². The van der Waals surface area contributed by atoms with Crippen molar-refractivity contribution in [1.82, 2.24) is 9.97 Å². The number of nitrogens with zero attached hydrogens (tertiary/aromatic N) is 2. The molecule has 0 fully saturated rings. The third-order valence-corrected chi connectivity index (χ3v) is 10.6. The fourth-order valence-electron chi connectivity index (χ4n) is 6.14. The molecule has 0 aliphatic rings. The van der Waals surface area contributed by atoms with E-state index in [2.05, 4.69) is 88.1 Å². The number of aliphatic hydroxyl groups excluding tert-OH is 1. The number of hydrogen-bond donors (Lipinski definition) is 1. The van der Waals surface area contributed by atoms with Gasteiger partial charge in [0.25, 0.3) is 0 Å². The van der Waals surface area contributed by atoms with Crippen molar-refractivity contribution in [3.8, 4) is 22.4 Å². The monoisotopic (exact) mass is 866 g/mol. The van der Waals surface area contributed by atoms with Crippen LogP contribution in [0.1, 0.15) is 113 Å². The number of allylic oxidation sites excluding steroid dienone is 2. The maximum atomic E-state index is 12.2. The first kappa shape index (κ1) is 41.8. The molecule has 1 N–H and O–H groups in total. The Morgan fingerprint density at radius 2 is 1.55 bits per heavy atom. The molecular formula is C45H57IrN2O3-. The normalized spacial score (nSPS) is 12.5. The Hall–Kier alpha value is -3.60. The molecule has 0 atom stereocenters.